The van der Waals surface area contributed by atoms with Crippen LogP contribution in [0.3, 0.4) is 0 Å². The molecule has 0 heterocycles. The van der Waals surface area contributed by atoms with E-state index in [9.17, 15) is 0 Å². The van der Waals surface area contributed by atoms with Gasteiger partial charge in [0.2, 0.25) is 0 Å². The van der Waals surface area contributed by atoms with E-state index >= 15 is 0 Å². The molecule has 2 N–H and O–H groups in total. The van der Waals surface area contributed by atoms with Gasteiger partial charge in [0, 0.05) is 12.1 Å². The standard InChI is InChI=1S/C13H28N2/c1-10(2)13(14)7-8-15(4)11(3)9-12-5-6-12/h10-13H,5-9,14H2,1-4H3. The third-order valence-electron chi connectivity index (χ3n) is 3.80. The molecule has 1 fully saturated rings. The maximum Gasteiger partial charge on any atom is 0.00740 e. The third kappa shape index (κ3) is 4.98. The summed E-state index contributed by atoms with van der Waals surface area (Å²) in [6, 6.07) is 1.09. The van der Waals surface area contributed by atoms with Crippen LogP contribution in [0.2, 0.25) is 0 Å². The summed E-state index contributed by atoms with van der Waals surface area (Å²) < 4.78 is 0. The van der Waals surface area contributed by atoms with Crippen LogP contribution in [0.4, 0.5) is 0 Å². The molecule has 1 rings (SSSR count). The molecule has 2 nitrogen and oxygen atoms in total. The Morgan fingerprint density at radius 1 is 1.27 bits per heavy atom. The van der Waals surface area contributed by atoms with E-state index in [4.69, 9.17) is 5.73 Å². The monoisotopic (exact) mass is 212 g/mol. The molecule has 1 saturated carbocycles. The van der Waals surface area contributed by atoms with E-state index in [1.165, 1.54) is 19.3 Å². The van der Waals surface area contributed by atoms with Gasteiger partial charge >= 0.3 is 0 Å². The van der Waals surface area contributed by atoms with E-state index in [1.54, 1.807) is 0 Å². The van der Waals surface area contributed by atoms with E-state index in [1.807, 2.05) is 0 Å². The molecular formula is C13H28N2. The summed E-state index contributed by atoms with van der Waals surface area (Å²) in [6.07, 6.45) is 5.43. The SMILES string of the molecule is CC(C)C(N)CCN(C)C(C)CC1CC1. The molecule has 0 aromatic heterocycles. The van der Waals surface area contributed by atoms with Crippen molar-refractivity contribution in [2.24, 2.45) is 17.6 Å². The average Bonchev–Trinajstić information content (AvgIpc) is 2.96. The van der Waals surface area contributed by atoms with Crippen molar-refractivity contribution in [2.45, 2.75) is 58.5 Å². The van der Waals surface area contributed by atoms with Crippen LogP contribution in [0.1, 0.15) is 46.5 Å². The topological polar surface area (TPSA) is 29.3 Å². The predicted octanol–water partition coefficient (Wildman–Crippen LogP) is 2.48. The highest BCUT2D eigenvalue weighted by Gasteiger charge is 2.25. The molecule has 0 saturated heterocycles. The zero-order chi connectivity index (χ0) is 11.4. The first-order chi connectivity index (χ1) is 7.00. The van der Waals surface area contributed by atoms with Crippen molar-refractivity contribution >= 4 is 0 Å². The lowest BCUT2D eigenvalue weighted by Gasteiger charge is -2.26. The Balaban J connectivity index is 2.13. The summed E-state index contributed by atoms with van der Waals surface area (Å²) in [6.45, 7) is 7.91. The van der Waals surface area contributed by atoms with Gasteiger partial charge in [-0.05, 0) is 45.2 Å². The highest BCUT2D eigenvalue weighted by atomic mass is 15.1. The zero-order valence-corrected chi connectivity index (χ0v) is 10.9. The van der Waals surface area contributed by atoms with Crippen LogP contribution in [0.25, 0.3) is 0 Å². The van der Waals surface area contributed by atoms with E-state index in [2.05, 4.69) is 32.7 Å². The van der Waals surface area contributed by atoms with Crippen LogP contribution in [0, 0.1) is 11.8 Å². The number of nitrogens with two attached hydrogens (primary N) is 1. The van der Waals surface area contributed by atoms with E-state index in [-0.39, 0.29) is 0 Å². The van der Waals surface area contributed by atoms with E-state index in [0.29, 0.717) is 12.0 Å². The molecule has 15 heavy (non-hydrogen) atoms. The molecule has 90 valence electrons. The summed E-state index contributed by atoms with van der Waals surface area (Å²) in [7, 11) is 2.24. The number of rotatable bonds is 7. The molecule has 1 aliphatic carbocycles. The molecule has 2 unspecified atom stereocenters. The fourth-order valence-corrected chi connectivity index (χ4v) is 1.92. The van der Waals surface area contributed by atoms with Crippen molar-refractivity contribution in [3.8, 4) is 0 Å². The van der Waals surface area contributed by atoms with Crippen LogP contribution >= 0.6 is 0 Å². The Labute approximate surface area is 95.2 Å². The Morgan fingerprint density at radius 2 is 1.87 bits per heavy atom. The highest BCUT2D eigenvalue weighted by molar-refractivity contribution is 4.79. The molecule has 2 heteroatoms. The summed E-state index contributed by atoms with van der Waals surface area (Å²) in [5.74, 6) is 1.64. The summed E-state index contributed by atoms with van der Waals surface area (Å²) in [4.78, 5) is 2.47. The summed E-state index contributed by atoms with van der Waals surface area (Å²) in [5, 5.41) is 0. The minimum absolute atomic E-state index is 0.362. The van der Waals surface area contributed by atoms with Gasteiger partial charge in [-0.3, -0.25) is 0 Å². The number of nitrogens with zero attached hydrogens (tertiary/aromatic N) is 1. The van der Waals surface area contributed by atoms with Gasteiger partial charge in [-0.1, -0.05) is 26.7 Å². The second-order valence-corrected chi connectivity index (χ2v) is 5.71. The fourth-order valence-electron chi connectivity index (χ4n) is 1.92. The van der Waals surface area contributed by atoms with Gasteiger partial charge in [-0.2, -0.15) is 0 Å². The smallest absolute Gasteiger partial charge is 0.00740 e. The quantitative estimate of drug-likeness (QED) is 0.702. The summed E-state index contributed by atoms with van der Waals surface area (Å²) in [5.41, 5.74) is 6.05. The maximum atomic E-state index is 6.05. The minimum atomic E-state index is 0.362. The van der Waals surface area contributed by atoms with Crippen LogP contribution in [0.15, 0.2) is 0 Å². The van der Waals surface area contributed by atoms with Crippen LogP contribution in [-0.4, -0.2) is 30.6 Å². The predicted molar refractivity (Wildman–Crippen MR) is 66.9 cm³/mol. The molecule has 1 aliphatic rings. The van der Waals surface area contributed by atoms with Gasteiger partial charge in [0.05, 0.1) is 0 Å². The van der Waals surface area contributed by atoms with Crippen LogP contribution < -0.4 is 5.73 Å². The van der Waals surface area contributed by atoms with Gasteiger partial charge < -0.3 is 10.6 Å². The lowest BCUT2D eigenvalue weighted by Crippen LogP contribution is -2.36. The number of hydrogen-bond donors (Lipinski definition) is 1. The first kappa shape index (κ1) is 13.0. The van der Waals surface area contributed by atoms with Crippen molar-refractivity contribution in [1.29, 1.82) is 0 Å². The average molecular weight is 212 g/mol. The van der Waals surface area contributed by atoms with Crippen molar-refractivity contribution < 1.29 is 0 Å². The first-order valence-corrected chi connectivity index (χ1v) is 6.46. The summed E-state index contributed by atoms with van der Waals surface area (Å²) >= 11 is 0. The molecular weight excluding hydrogens is 184 g/mol. The molecule has 0 spiro atoms. The molecule has 2 atom stereocenters. The minimum Gasteiger partial charge on any atom is -0.327 e. The van der Waals surface area contributed by atoms with Gasteiger partial charge in [-0.25, -0.2) is 0 Å². The van der Waals surface area contributed by atoms with E-state index < -0.39 is 0 Å². The lowest BCUT2D eigenvalue weighted by atomic mass is 10.0. The zero-order valence-electron chi connectivity index (χ0n) is 10.9. The Morgan fingerprint density at radius 3 is 2.33 bits per heavy atom. The molecule has 0 aromatic rings. The van der Waals surface area contributed by atoms with Gasteiger partial charge in [0.25, 0.3) is 0 Å². The van der Waals surface area contributed by atoms with Crippen LogP contribution in [0.5, 0.6) is 0 Å². The van der Waals surface area contributed by atoms with Crippen molar-refractivity contribution in [3.63, 3.8) is 0 Å². The molecule has 0 aliphatic heterocycles. The lowest BCUT2D eigenvalue weighted by molar-refractivity contribution is 0.224. The van der Waals surface area contributed by atoms with E-state index in [0.717, 1.165) is 24.9 Å². The van der Waals surface area contributed by atoms with Crippen LogP contribution in [-0.2, 0) is 0 Å². The normalized spacial score (nSPS) is 21.0. The Hall–Kier alpha value is -0.0800. The second kappa shape index (κ2) is 5.86. The highest BCUT2D eigenvalue weighted by Crippen LogP contribution is 2.34. The first-order valence-electron chi connectivity index (χ1n) is 6.46. The Kier molecular flexibility index (Phi) is 5.07. The second-order valence-electron chi connectivity index (χ2n) is 5.71. The van der Waals surface area contributed by atoms with Gasteiger partial charge in [0.15, 0.2) is 0 Å². The fraction of sp³-hybridized carbons (Fsp3) is 1.00. The van der Waals surface area contributed by atoms with Gasteiger partial charge in [-0.15, -0.1) is 0 Å². The third-order valence-corrected chi connectivity index (χ3v) is 3.80. The van der Waals surface area contributed by atoms with Crippen molar-refractivity contribution in [1.82, 2.24) is 4.90 Å². The Bertz CT molecular complexity index is 175. The van der Waals surface area contributed by atoms with Gasteiger partial charge in [0.1, 0.15) is 0 Å². The maximum absolute atomic E-state index is 6.05. The van der Waals surface area contributed by atoms with Crippen molar-refractivity contribution in [3.05, 3.63) is 0 Å². The number of hydrogen-bond acceptors (Lipinski definition) is 2. The largest absolute Gasteiger partial charge is 0.327 e. The molecule has 0 amide bonds. The van der Waals surface area contributed by atoms with Crippen molar-refractivity contribution in [2.75, 3.05) is 13.6 Å². The molecule has 0 aromatic carbocycles. The molecule has 0 radical (unpaired) electrons. The molecule has 0 bridgehead atoms.